The lowest BCUT2D eigenvalue weighted by atomic mass is 10.3. The van der Waals surface area contributed by atoms with E-state index in [4.69, 9.17) is 5.73 Å². The summed E-state index contributed by atoms with van der Waals surface area (Å²) in [5.41, 5.74) is 6.62. The van der Waals surface area contributed by atoms with Crippen LogP contribution in [0.25, 0.3) is 0 Å². The van der Waals surface area contributed by atoms with Gasteiger partial charge in [0.2, 0.25) is 0 Å². The van der Waals surface area contributed by atoms with Crippen molar-refractivity contribution in [3.05, 3.63) is 30.2 Å². The molecule has 2 rings (SSSR count). The molecule has 0 radical (unpaired) electrons. The van der Waals surface area contributed by atoms with Crippen LogP contribution in [0.2, 0.25) is 0 Å². The molecule has 2 aromatic heterocycles. The van der Waals surface area contributed by atoms with Crippen molar-refractivity contribution >= 4 is 11.8 Å². The van der Waals surface area contributed by atoms with E-state index in [0.717, 1.165) is 15.7 Å². The molecule has 2 aromatic rings. The van der Waals surface area contributed by atoms with Gasteiger partial charge in [-0.2, -0.15) is 0 Å². The number of nitrogens with two attached hydrogens (primary N) is 1. The van der Waals surface area contributed by atoms with Gasteiger partial charge >= 0.3 is 0 Å². The molecule has 0 amide bonds. The van der Waals surface area contributed by atoms with E-state index >= 15 is 0 Å². The van der Waals surface area contributed by atoms with Gasteiger partial charge in [-0.3, -0.25) is 0 Å². The molecule has 0 saturated heterocycles. The van der Waals surface area contributed by atoms with Crippen LogP contribution in [-0.2, 0) is 13.6 Å². The summed E-state index contributed by atoms with van der Waals surface area (Å²) in [4.78, 5) is 4.23. The molecule has 0 fully saturated rings. The molecular formula is C9H11N5S. The standard InChI is InChI=1S/C9H11N5S/c1-14-6-12-13-9(14)15-8-4-7(5-10)2-3-11-8/h2-4,6H,5,10H2,1H3. The molecule has 2 heterocycles. The van der Waals surface area contributed by atoms with Crippen LogP contribution in [0.4, 0.5) is 0 Å². The molecule has 0 atom stereocenters. The van der Waals surface area contributed by atoms with E-state index in [0.29, 0.717) is 6.54 Å². The van der Waals surface area contributed by atoms with Gasteiger partial charge in [0, 0.05) is 19.8 Å². The summed E-state index contributed by atoms with van der Waals surface area (Å²) >= 11 is 1.47. The Morgan fingerprint density at radius 2 is 2.40 bits per heavy atom. The first-order valence-electron chi connectivity index (χ1n) is 4.46. The first-order chi connectivity index (χ1) is 7.29. The van der Waals surface area contributed by atoms with Crippen LogP contribution >= 0.6 is 11.8 Å². The average molecular weight is 221 g/mol. The minimum Gasteiger partial charge on any atom is -0.326 e. The summed E-state index contributed by atoms with van der Waals surface area (Å²) < 4.78 is 1.85. The molecule has 5 nitrogen and oxygen atoms in total. The van der Waals surface area contributed by atoms with Crippen LogP contribution in [0.3, 0.4) is 0 Å². The van der Waals surface area contributed by atoms with Gasteiger partial charge in [0.05, 0.1) is 0 Å². The van der Waals surface area contributed by atoms with E-state index < -0.39 is 0 Å². The van der Waals surface area contributed by atoms with Gasteiger partial charge < -0.3 is 10.3 Å². The van der Waals surface area contributed by atoms with Crippen molar-refractivity contribution < 1.29 is 0 Å². The molecule has 0 aliphatic rings. The number of pyridine rings is 1. The van der Waals surface area contributed by atoms with Crippen LogP contribution in [0, 0.1) is 0 Å². The van der Waals surface area contributed by atoms with E-state index in [-0.39, 0.29) is 0 Å². The Hall–Kier alpha value is -1.40. The number of rotatable bonds is 3. The molecule has 0 aliphatic heterocycles. The van der Waals surface area contributed by atoms with E-state index in [1.807, 2.05) is 23.7 Å². The minimum atomic E-state index is 0.523. The molecule has 0 spiro atoms. The summed E-state index contributed by atoms with van der Waals surface area (Å²) in [6.45, 7) is 0.523. The molecule has 0 aromatic carbocycles. The number of hydrogen-bond donors (Lipinski definition) is 1. The zero-order chi connectivity index (χ0) is 10.7. The van der Waals surface area contributed by atoms with Gasteiger partial charge in [0.25, 0.3) is 0 Å². The molecule has 78 valence electrons. The van der Waals surface area contributed by atoms with Crippen LogP contribution in [0.15, 0.2) is 34.8 Å². The quantitative estimate of drug-likeness (QED) is 0.831. The summed E-state index contributed by atoms with van der Waals surface area (Å²) in [6.07, 6.45) is 3.41. The van der Waals surface area contributed by atoms with Crippen molar-refractivity contribution in [1.29, 1.82) is 0 Å². The Morgan fingerprint density at radius 1 is 1.53 bits per heavy atom. The molecule has 2 N–H and O–H groups in total. The number of nitrogens with zero attached hydrogens (tertiary/aromatic N) is 4. The summed E-state index contributed by atoms with van der Waals surface area (Å²) in [5, 5.41) is 9.47. The Labute approximate surface area is 91.7 Å². The summed E-state index contributed by atoms with van der Waals surface area (Å²) in [5.74, 6) is 0. The van der Waals surface area contributed by atoms with Crippen molar-refractivity contribution in [2.75, 3.05) is 0 Å². The highest BCUT2D eigenvalue weighted by atomic mass is 32.2. The first kappa shape index (κ1) is 10.1. The monoisotopic (exact) mass is 221 g/mol. The van der Waals surface area contributed by atoms with E-state index in [1.54, 1.807) is 12.5 Å². The lowest BCUT2D eigenvalue weighted by Crippen LogP contribution is -1.97. The van der Waals surface area contributed by atoms with Crippen molar-refractivity contribution in [1.82, 2.24) is 19.7 Å². The highest BCUT2D eigenvalue weighted by Crippen LogP contribution is 2.23. The molecule has 0 bridgehead atoms. The number of hydrogen-bond acceptors (Lipinski definition) is 5. The second kappa shape index (κ2) is 4.41. The van der Waals surface area contributed by atoms with Gasteiger partial charge in [0.1, 0.15) is 11.4 Å². The zero-order valence-corrected chi connectivity index (χ0v) is 9.11. The van der Waals surface area contributed by atoms with Gasteiger partial charge in [-0.15, -0.1) is 10.2 Å². The second-order valence-electron chi connectivity index (χ2n) is 3.03. The van der Waals surface area contributed by atoms with Crippen molar-refractivity contribution in [2.45, 2.75) is 16.7 Å². The maximum Gasteiger partial charge on any atom is 0.197 e. The van der Waals surface area contributed by atoms with Crippen LogP contribution < -0.4 is 5.73 Å². The minimum absolute atomic E-state index is 0.523. The van der Waals surface area contributed by atoms with Crippen LogP contribution in [0.1, 0.15) is 5.56 Å². The Balaban J connectivity index is 2.21. The maximum absolute atomic E-state index is 5.55. The first-order valence-corrected chi connectivity index (χ1v) is 5.28. The SMILES string of the molecule is Cn1cnnc1Sc1cc(CN)ccn1. The fourth-order valence-electron chi connectivity index (χ4n) is 1.09. The second-order valence-corrected chi connectivity index (χ2v) is 4.02. The molecular weight excluding hydrogens is 210 g/mol. The van der Waals surface area contributed by atoms with Gasteiger partial charge in [-0.1, -0.05) is 0 Å². The third kappa shape index (κ3) is 2.34. The highest BCUT2D eigenvalue weighted by molar-refractivity contribution is 7.99. The van der Waals surface area contributed by atoms with Gasteiger partial charge in [0.15, 0.2) is 5.16 Å². The fourth-order valence-corrected chi connectivity index (χ4v) is 1.88. The smallest absolute Gasteiger partial charge is 0.197 e. The average Bonchev–Trinajstić information content (AvgIpc) is 2.65. The topological polar surface area (TPSA) is 69.6 Å². The molecule has 0 saturated carbocycles. The summed E-state index contributed by atoms with van der Waals surface area (Å²) in [6, 6.07) is 3.86. The predicted octanol–water partition coefficient (Wildman–Crippen LogP) is 0.820. The molecule has 15 heavy (non-hydrogen) atoms. The Morgan fingerprint density at radius 3 is 3.07 bits per heavy atom. The largest absolute Gasteiger partial charge is 0.326 e. The third-order valence-electron chi connectivity index (χ3n) is 1.90. The van der Waals surface area contributed by atoms with E-state index in [9.17, 15) is 0 Å². The predicted molar refractivity (Wildman–Crippen MR) is 57.3 cm³/mol. The van der Waals surface area contributed by atoms with Gasteiger partial charge in [-0.05, 0) is 29.5 Å². The van der Waals surface area contributed by atoms with Crippen LogP contribution in [-0.4, -0.2) is 19.7 Å². The maximum atomic E-state index is 5.55. The van der Waals surface area contributed by atoms with Gasteiger partial charge in [-0.25, -0.2) is 4.98 Å². The normalized spacial score (nSPS) is 10.5. The van der Waals surface area contributed by atoms with Crippen molar-refractivity contribution in [3.63, 3.8) is 0 Å². The molecule has 0 aliphatic carbocycles. The van der Waals surface area contributed by atoms with Crippen LogP contribution in [0.5, 0.6) is 0 Å². The summed E-state index contributed by atoms with van der Waals surface area (Å²) in [7, 11) is 1.90. The zero-order valence-electron chi connectivity index (χ0n) is 8.29. The lowest BCUT2D eigenvalue weighted by Gasteiger charge is -2.01. The Bertz CT molecular complexity index is 453. The van der Waals surface area contributed by atoms with Crippen molar-refractivity contribution in [3.8, 4) is 0 Å². The molecule has 0 unspecified atom stereocenters. The van der Waals surface area contributed by atoms with E-state index in [2.05, 4.69) is 15.2 Å². The fraction of sp³-hybridized carbons (Fsp3) is 0.222. The molecule has 6 heteroatoms. The third-order valence-corrected chi connectivity index (χ3v) is 2.89. The van der Waals surface area contributed by atoms with E-state index in [1.165, 1.54) is 11.8 Å². The van der Waals surface area contributed by atoms with Crippen molar-refractivity contribution in [2.24, 2.45) is 12.8 Å². The Kier molecular flexibility index (Phi) is 2.98. The number of aryl methyl sites for hydroxylation is 1. The lowest BCUT2D eigenvalue weighted by molar-refractivity contribution is 0.787. The highest BCUT2D eigenvalue weighted by Gasteiger charge is 2.04. The number of aromatic nitrogens is 4.